The molecule has 3 aromatic heterocycles. The number of nitrogens with zero attached hydrogens (tertiary/aromatic N) is 5. The smallest absolute Gasteiger partial charge is 0.261 e. The van der Waals surface area contributed by atoms with Crippen LogP contribution in [0.25, 0.3) is 22.3 Å². The quantitative estimate of drug-likeness (QED) is 0.494. The number of morpholine rings is 1. The Morgan fingerprint density at radius 2 is 1.81 bits per heavy atom. The van der Waals surface area contributed by atoms with Gasteiger partial charge in [-0.3, -0.25) is 9.71 Å². The van der Waals surface area contributed by atoms with E-state index in [2.05, 4.69) is 24.6 Å². The van der Waals surface area contributed by atoms with Gasteiger partial charge in [0.2, 0.25) is 0 Å². The van der Waals surface area contributed by atoms with E-state index < -0.39 is 10.0 Å². The van der Waals surface area contributed by atoms with Crippen molar-refractivity contribution in [3.8, 4) is 11.3 Å². The highest BCUT2D eigenvalue weighted by molar-refractivity contribution is 7.92. The summed E-state index contributed by atoms with van der Waals surface area (Å²) in [5.41, 5.74) is 3.10. The fraction of sp³-hybridized carbons (Fsp3) is 0.182. The van der Waals surface area contributed by atoms with Crippen LogP contribution < -0.4 is 9.62 Å². The van der Waals surface area contributed by atoms with E-state index in [0.717, 1.165) is 24.4 Å². The molecule has 0 atom stereocenters. The summed E-state index contributed by atoms with van der Waals surface area (Å²) in [6, 6.07) is 13.6. The van der Waals surface area contributed by atoms with Gasteiger partial charge in [0.25, 0.3) is 10.0 Å². The third-order valence-electron chi connectivity index (χ3n) is 5.11. The first-order valence-corrected chi connectivity index (χ1v) is 11.6. The molecule has 0 radical (unpaired) electrons. The molecule has 4 aromatic rings. The zero-order valence-electron chi connectivity index (χ0n) is 17.0. The Kier molecular flexibility index (Phi) is 5.38. The second kappa shape index (κ2) is 8.48. The normalized spacial score (nSPS) is 14.4. The summed E-state index contributed by atoms with van der Waals surface area (Å²) in [6.45, 7) is 2.74. The predicted octanol–water partition coefficient (Wildman–Crippen LogP) is 2.97. The van der Waals surface area contributed by atoms with Crippen LogP contribution in [0.5, 0.6) is 0 Å². The van der Waals surface area contributed by atoms with Crippen molar-refractivity contribution >= 4 is 32.6 Å². The molecule has 1 aliphatic heterocycles. The van der Waals surface area contributed by atoms with Gasteiger partial charge in [-0.15, -0.1) is 0 Å². The lowest BCUT2D eigenvalue weighted by Gasteiger charge is -2.28. The van der Waals surface area contributed by atoms with E-state index in [1.54, 1.807) is 30.5 Å². The van der Waals surface area contributed by atoms with Gasteiger partial charge in [-0.1, -0.05) is 18.2 Å². The zero-order chi connectivity index (χ0) is 22.0. The monoisotopic (exact) mass is 450 g/mol. The maximum absolute atomic E-state index is 12.7. The van der Waals surface area contributed by atoms with Crippen molar-refractivity contribution in [1.29, 1.82) is 0 Å². The molecular formula is C22H22N6O3S. The van der Waals surface area contributed by atoms with Gasteiger partial charge in [-0.2, -0.15) is 0 Å². The number of benzene rings is 1. The molecule has 1 aromatic carbocycles. The van der Waals surface area contributed by atoms with Crippen molar-refractivity contribution in [1.82, 2.24) is 19.9 Å². The molecule has 164 valence electrons. The van der Waals surface area contributed by atoms with Gasteiger partial charge < -0.3 is 9.64 Å². The Labute approximate surface area is 186 Å². The molecule has 0 spiro atoms. The van der Waals surface area contributed by atoms with Crippen LogP contribution in [-0.2, 0) is 14.8 Å². The summed E-state index contributed by atoms with van der Waals surface area (Å²) in [5.74, 6) is 0.758. The Morgan fingerprint density at radius 3 is 2.62 bits per heavy atom. The highest BCUT2D eigenvalue weighted by Gasteiger charge is 2.18. The maximum Gasteiger partial charge on any atom is 0.261 e. The number of aromatic nitrogens is 4. The topological polar surface area (TPSA) is 110 Å². The van der Waals surface area contributed by atoms with E-state index >= 15 is 0 Å². The predicted molar refractivity (Wildman–Crippen MR) is 123 cm³/mol. The summed E-state index contributed by atoms with van der Waals surface area (Å²) in [6.07, 6.45) is 4.65. The van der Waals surface area contributed by atoms with E-state index in [1.807, 2.05) is 12.1 Å². The molecule has 32 heavy (non-hydrogen) atoms. The largest absolute Gasteiger partial charge is 0.378 e. The molecule has 10 heteroatoms. The van der Waals surface area contributed by atoms with Gasteiger partial charge in [0.1, 0.15) is 11.8 Å². The molecule has 0 saturated carbocycles. The molecule has 1 fully saturated rings. The third-order valence-corrected chi connectivity index (χ3v) is 6.51. The van der Waals surface area contributed by atoms with Crippen LogP contribution in [0.2, 0.25) is 0 Å². The molecule has 5 rings (SSSR count). The van der Waals surface area contributed by atoms with E-state index in [9.17, 15) is 8.42 Å². The SMILES string of the molecule is O=S(=O)(Nc1cncc(-c2ccc3ncnc(N4CCOCC4)c3n2)c1)c1ccccc1.[HH]. The fourth-order valence-electron chi connectivity index (χ4n) is 3.54. The van der Waals surface area contributed by atoms with E-state index in [1.165, 1.54) is 24.7 Å². The number of fused-ring (bicyclic) bond motifs is 1. The van der Waals surface area contributed by atoms with Gasteiger partial charge >= 0.3 is 0 Å². The van der Waals surface area contributed by atoms with Crippen LogP contribution in [-0.4, -0.2) is 54.7 Å². The average Bonchev–Trinajstić information content (AvgIpc) is 2.84. The van der Waals surface area contributed by atoms with Crippen molar-refractivity contribution in [2.45, 2.75) is 4.90 Å². The minimum absolute atomic E-state index is 0. The van der Waals surface area contributed by atoms with Crippen LogP contribution in [0, 0.1) is 0 Å². The number of nitrogens with one attached hydrogen (secondary N) is 1. The number of hydrogen-bond donors (Lipinski definition) is 1. The molecule has 1 aliphatic rings. The lowest BCUT2D eigenvalue weighted by molar-refractivity contribution is 0.122. The Balaban J connectivity index is 0.00000259. The summed E-state index contributed by atoms with van der Waals surface area (Å²) in [4.78, 5) is 20.1. The number of hydrogen-bond acceptors (Lipinski definition) is 8. The van der Waals surface area contributed by atoms with Crippen LogP contribution >= 0.6 is 0 Å². The number of ether oxygens (including phenoxy) is 1. The minimum atomic E-state index is -3.72. The zero-order valence-corrected chi connectivity index (χ0v) is 17.9. The van der Waals surface area contributed by atoms with E-state index in [4.69, 9.17) is 9.72 Å². The first-order chi connectivity index (χ1) is 15.6. The summed E-state index contributed by atoms with van der Waals surface area (Å²) in [5, 5.41) is 0. The number of rotatable bonds is 5. The molecule has 0 unspecified atom stereocenters. The Morgan fingerprint density at radius 1 is 1.00 bits per heavy atom. The molecule has 1 saturated heterocycles. The number of sulfonamides is 1. The van der Waals surface area contributed by atoms with Crippen LogP contribution in [0.4, 0.5) is 11.5 Å². The third kappa shape index (κ3) is 4.10. The number of anilines is 2. The molecule has 0 bridgehead atoms. The summed E-state index contributed by atoms with van der Waals surface area (Å²) < 4.78 is 33.3. The minimum Gasteiger partial charge on any atom is -0.378 e. The van der Waals surface area contributed by atoms with E-state index in [-0.39, 0.29) is 6.32 Å². The highest BCUT2D eigenvalue weighted by Crippen LogP contribution is 2.27. The first kappa shape index (κ1) is 20.3. The van der Waals surface area contributed by atoms with Crippen LogP contribution in [0.3, 0.4) is 0 Å². The first-order valence-electron chi connectivity index (χ1n) is 10.1. The van der Waals surface area contributed by atoms with Crippen LogP contribution in [0.1, 0.15) is 1.43 Å². The lowest BCUT2D eigenvalue weighted by Crippen LogP contribution is -2.37. The summed E-state index contributed by atoms with van der Waals surface area (Å²) in [7, 11) is -3.72. The average molecular weight is 451 g/mol. The second-order valence-electron chi connectivity index (χ2n) is 7.24. The standard InChI is InChI=1S/C22H20N6O3S.H2/c29-32(30,18-4-2-1-3-5-18)27-17-12-16(13-23-14-17)19-6-7-20-21(26-19)22(25-15-24-20)28-8-10-31-11-9-28;/h1-7,12-15,27H,8-11H2;1H. The van der Waals surface area contributed by atoms with Gasteiger partial charge in [-0.05, 0) is 30.3 Å². The van der Waals surface area contributed by atoms with Crippen molar-refractivity contribution in [3.05, 3.63) is 67.3 Å². The highest BCUT2D eigenvalue weighted by atomic mass is 32.2. The fourth-order valence-corrected chi connectivity index (χ4v) is 4.60. The molecule has 0 aliphatic carbocycles. The second-order valence-corrected chi connectivity index (χ2v) is 8.92. The van der Waals surface area contributed by atoms with Gasteiger partial charge in [0.15, 0.2) is 5.82 Å². The Bertz CT molecular complexity index is 1370. The van der Waals surface area contributed by atoms with Crippen molar-refractivity contribution in [3.63, 3.8) is 0 Å². The lowest BCUT2D eigenvalue weighted by atomic mass is 10.1. The van der Waals surface area contributed by atoms with Gasteiger partial charge in [0, 0.05) is 26.3 Å². The van der Waals surface area contributed by atoms with Gasteiger partial charge in [0.05, 0.1) is 41.2 Å². The number of pyridine rings is 2. The van der Waals surface area contributed by atoms with Crippen LogP contribution in [0.15, 0.2) is 72.1 Å². The Hall–Kier alpha value is -3.63. The van der Waals surface area contributed by atoms with Crippen molar-refractivity contribution in [2.75, 3.05) is 35.9 Å². The van der Waals surface area contributed by atoms with Crippen molar-refractivity contribution < 1.29 is 14.6 Å². The molecule has 0 amide bonds. The molecular weight excluding hydrogens is 428 g/mol. The van der Waals surface area contributed by atoms with Crippen molar-refractivity contribution in [2.24, 2.45) is 0 Å². The molecule has 4 heterocycles. The summed E-state index contributed by atoms with van der Waals surface area (Å²) >= 11 is 0. The van der Waals surface area contributed by atoms with E-state index in [0.29, 0.717) is 35.7 Å². The maximum atomic E-state index is 12.7. The molecule has 9 nitrogen and oxygen atoms in total. The van der Waals surface area contributed by atoms with Gasteiger partial charge in [-0.25, -0.2) is 23.4 Å². The molecule has 1 N–H and O–H groups in total.